The van der Waals surface area contributed by atoms with Gasteiger partial charge < -0.3 is 14.2 Å². The van der Waals surface area contributed by atoms with Gasteiger partial charge in [-0.05, 0) is 43.9 Å². The van der Waals surface area contributed by atoms with Crippen LogP contribution in [0.2, 0.25) is 0 Å². The minimum absolute atomic E-state index is 0.00111. The van der Waals surface area contributed by atoms with E-state index in [1.165, 1.54) is 6.07 Å². The van der Waals surface area contributed by atoms with Gasteiger partial charge in [0, 0.05) is 30.9 Å². The summed E-state index contributed by atoms with van der Waals surface area (Å²) < 4.78 is 45.3. The van der Waals surface area contributed by atoms with Gasteiger partial charge in [0.2, 0.25) is 10.0 Å². The summed E-state index contributed by atoms with van der Waals surface area (Å²) in [5, 5.41) is 0. The molecule has 1 aromatic heterocycles. The normalized spacial score (nSPS) is 22.3. The lowest BCUT2D eigenvalue weighted by Crippen LogP contribution is -2.39. The number of benzene rings is 1. The van der Waals surface area contributed by atoms with Crippen LogP contribution in [0.25, 0.3) is 0 Å². The van der Waals surface area contributed by atoms with Crippen molar-refractivity contribution in [1.29, 1.82) is 0 Å². The zero-order valence-corrected chi connectivity index (χ0v) is 16.2. The van der Waals surface area contributed by atoms with Gasteiger partial charge >= 0.3 is 6.01 Å². The summed E-state index contributed by atoms with van der Waals surface area (Å²) in [6, 6.07) is 6.70. The summed E-state index contributed by atoms with van der Waals surface area (Å²) in [5.74, 6) is 1.05. The summed E-state index contributed by atoms with van der Waals surface area (Å²) in [6.45, 7) is 1.08. The van der Waals surface area contributed by atoms with Gasteiger partial charge in [0.25, 0.3) is 0 Å². The highest BCUT2D eigenvalue weighted by Crippen LogP contribution is 2.32. The van der Waals surface area contributed by atoms with Gasteiger partial charge in [-0.25, -0.2) is 23.1 Å². The van der Waals surface area contributed by atoms with Crippen LogP contribution in [0.3, 0.4) is 0 Å². The molecule has 2 aliphatic rings. The summed E-state index contributed by atoms with van der Waals surface area (Å²) in [6.07, 6.45) is 6.92. The lowest BCUT2D eigenvalue weighted by molar-refractivity contribution is 0.132. The van der Waals surface area contributed by atoms with Crippen molar-refractivity contribution in [3.63, 3.8) is 0 Å². The van der Waals surface area contributed by atoms with Crippen molar-refractivity contribution in [2.24, 2.45) is 0 Å². The Kier molecular flexibility index (Phi) is 5.63. The molecule has 150 valence electrons. The third-order valence-electron chi connectivity index (χ3n) is 4.84. The fourth-order valence-corrected chi connectivity index (χ4v) is 4.71. The van der Waals surface area contributed by atoms with E-state index in [0.29, 0.717) is 43.6 Å². The minimum Gasteiger partial charge on any atom is -0.490 e. The first kappa shape index (κ1) is 18.9. The zero-order chi connectivity index (χ0) is 19.4. The molecule has 0 bridgehead atoms. The molecule has 0 spiro atoms. The van der Waals surface area contributed by atoms with Crippen LogP contribution >= 0.6 is 0 Å². The average molecular weight is 405 g/mol. The van der Waals surface area contributed by atoms with Crippen LogP contribution in [0.5, 0.6) is 17.5 Å². The van der Waals surface area contributed by atoms with Crippen LogP contribution < -0.4 is 18.9 Å². The van der Waals surface area contributed by atoms with Gasteiger partial charge in [-0.1, -0.05) is 0 Å². The molecule has 4 rings (SSSR count). The van der Waals surface area contributed by atoms with E-state index in [4.69, 9.17) is 14.2 Å². The Hall–Kier alpha value is -2.39. The Bertz CT molecular complexity index is 899. The number of ether oxygens (including phenoxy) is 3. The molecule has 0 radical (unpaired) electrons. The average Bonchev–Trinajstić information content (AvgIpc) is 2.95. The lowest BCUT2D eigenvalue weighted by Gasteiger charge is -2.28. The van der Waals surface area contributed by atoms with E-state index in [9.17, 15) is 8.42 Å². The Morgan fingerprint density at radius 2 is 1.71 bits per heavy atom. The highest BCUT2D eigenvalue weighted by atomic mass is 32.2. The number of nitrogens with zero attached hydrogens (tertiary/aromatic N) is 2. The molecular formula is C19H23N3O5S. The van der Waals surface area contributed by atoms with Crippen LogP contribution in [0.4, 0.5) is 0 Å². The molecule has 0 atom stereocenters. The fourth-order valence-electron chi connectivity index (χ4n) is 3.39. The van der Waals surface area contributed by atoms with E-state index in [-0.39, 0.29) is 17.0 Å². The monoisotopic (exact) mass is 405 g/mol. The molecule has 8 nitrogen and oxygen atoms in total. The van der Waals surface area contributed by atoms with Crippen LogP contribution in [0.15, 0.2) is 41.6 Å². The maximum absolute atomic E-state index is 12.8. The van der Waals surface area contributed by atoms with Crippen molar-refractivity contribution >= 4 is 10.0 Å². The summed E-state index contributed by atoms with van der Waals surface area (Å²) in [4.78, 5) is 8.32. The standard InChI is InChI=1S/C19H23N3O5S/c23-28(24,16-7-8-17-18(13-16)26-12-2-11-25-17)22-14-3-5-15(6-4-14)27-19-20-9-1-10-21-19/h1,7-10,13-15,22H,2-6,11-12H2. The van der Waals surface area contributed by atoms with Crippen molar-refractivity contribution in [2.45, 2.75) is 49.1 Å². The van der Waals surface area contributed by atoms with Gasteiger partial charge in [0.15, 0.2) is 11.5 Å². The summed E-state index contributed by atoms with van der Waals surface area (Å²) >= 11 is 0. The molecule has 9 heteroatoms. The van der Waals surface area contributed by atoms with Crippen LogP contribution in [0.1, 0.15) is 32.1 Å². The number of fused-ring (bicyclic) bond motifs is 1. The SMILES string of the molecule is O=S(=O)(NC1CCC(Oc2ncccn2)CC1)c1ccc2c(c1)OCCCO2. The van der Waals surface area contributed by atoms with Gasteiger partial charge in [-0.15, -0.1) is 0 Å². The molecule has 1 aliphatic heterocycles. The highest BCUT2D eigenvalue weighted by Gasteiger charge is 2.28. The Labute approximate surface area is 164 Å². The van der Waals surface area contributed by atoms with Crippen molar-refractivity contribution in [1.82, 2.24) is 14.7 Å². The van der Waals surface area contributed by atoms with Crippen LogP contribution in [-0.4, -0.2) is 43.7 Å². The molecule has 1 saturated carbocycles. The molecule has 2 heterocycles. The molecule has 0 saturated heterocycles. The van der Waals surface area contributed by atoms with E-state index in [1.54, 1.807) is 30.6 Å². The van der Waals surface area contributed by atoms with Crippen LogP contribution in [-0.2, 0) is 10.0 Å². The molecule has 0 amide bonds. The molecule has 1 aliphatic carbocycles. The molecule has 0 unspecified atom stereocenters. The molecule has 28 heavy (non-hydrogen) atoms. The van der Waals surface area contributed by atoms with E-state index in [2.05, 4.69) is 14.7 Å². The largest absolute Gasteiger partial charge is 0.490 e. The maximum atomic E-state index is 12.8. The Morgan fingerprint density at radius 3 is 2.46 bits per heavy atom. The minimum atomic E-state index is -3.63. The predicted molar refractivity (Wildman–Crippen MR) is 101 cm³/mol. The summed E-state index contributed by atoms with van der Waals surface area (Å²) in [5.41, 5.74) is 0. The molecule has 1 fully saturated rings. The number of sulfonamides is 1. The number of hydrogen-bond acceptors (Lipinski definition) is 7. The lowest BCUT2D eigenvalue weighted by atomic mass is 9.94. The topological polar surface area (TPSA) is 99.6 Å². The molecule has 1 N–H and O–H groups in total. The van der Waals surface area contributed by atoms with Crippen molar-refractivity contribution < 1.29 is 22.6 Å². The fraction of sp³-hybridized carbons (Fsp3) is 0.474. The van der Waals surface area contributed by atoms with E-state index in [0.717, 1.165) is 19.3 Å². The number of aromatic nitrogens is 2. The predicted octanol–water partition coefficient (Wildman–Crippen LogP) is 2.31. The zero-order valence-electron chi connectivity index (χ0n) is 15.4. The van der Waals surface area contributed by atoms with Crippen molar-refractivity contribution in [3.8, 4) is 17.5 Å². The van der Waals surface area contributed by atoms with Crippen molar-refractivity contribution in [3.05, 3.63) is 36.7 Å². The van der Waals surface area contributed by atoms with Crippen LogP contribution in [0, 0.1) is 0 Å². The molecular weight excluding hydrogens is 382 g/mol. The number of hydrogen-bond donors (Lipinski definition) is 1. The van der Waals surface area contributed by atoms with Crippen molar-refractivity contribution in [2.75, 3.05) is 13.2 Å². The second kappa shape index (κ2) is 8.32. The van der Waals surface area contributed by atoms with E-state index < -0.39 is 10.0 Å². The third kappa shape index (κ3) is 4.53. The highest BCUT2D eigenvalue weighted by molar-refractivity contribution is 7.89. The second-order valence-corrected chi connectivity index (χ2v) is 8.62. The number of rotatable bonds is 5. The maximum Gasteiger partial charge on any atom is 0.316 e. The molecule has 1 aromatic carbocycles. The van der Waals surface area contributed by atoms with E-state index >= 15 is 0 Å². The van der Waals surface area contributed by atoms with Gasteiger partial charge in [0.05, 0.1) is 18.1 Å². The summed E-state index contributed by atoms with van der Waals surface area (Å²) in [7, 11) is -3.63. The Balaban J connectivity index is 1.36. The van der Waals surface area contributed by atoms with Gasteiger partial charge in [-0.2, -0.15) is 0 Å². The number of nitrogens with one attached hydrogen (secondary N) is 1. The Morgan fingerprint density at radius 1 is 1.00 bits per heavy atom. The van der Waals surface area contributed by atoms with E-state index in [1.807, 2.05) is 0 Å². The first-order chi connectivity index (χ1) is 13.6. The smallest absolute Gasteiger partial charge is 0.316 e. The first-order valence-electron chi connectivity index (χ1n) is 9.46. The second-order valence-electron chi connectivity index (χ2n) is 6.90. The third-order valence-corrected chi connectivity index (χ3v) is 6.36. The van der Waals surface area contributed by atoms with Gasteiger partial charge in [-0.3, -0.25) is 0 Å². The first-order valence-corrected chi connectivity index (χ1v) is 10.9. The quantitative estimate of drug-likeness (QED) is 0.815. The van der Waals surface area contributed by atoms with Gasteiger partial charge in [0.1, 0.15) is 6.10 Å². The molecule has 2 aromatic rings.